The van der Waals surface area contributed by atoms with Crippen LogP contribution in [0.25, 0.3) is 5.57 Å². The van der Waals surface area contributed by atoms with Gasteiger partial charge in [0.05, 0.1) is 26.4 Å². The van der Waals surface area contributed by atoms with Crippen molar-refractivity contribution in [1.82, 2.24) is 0 Å². The highest BCUT2D eigenvalue weighted by Gasteiger charge is 2.28. The van der Waals surface area contributed by atoms with E-state index in [1.807, 2.05) is 30.3 Å². The van der Waals surface area contributed by atoms with Gasteiger partial charge in [-0.3, -0.25) is 4.79 Å². The predicted molar refractivity (Wildman–Crippen MR) is 99.4 cm³/mol. The number of benzene rings is 2. The first-order valence-electron chi connectivity index (χ1n) is 8.39. The van der Waals surface area contributed by atoms with Crippen LogP contribution in [0.1, 0.15) is 21.5 Å². The van der Waals surface area contributed by atoms with Crippen LogP contribution in [-0.4, -0.2) is 40.3 Å². The molecule has 0 bridgehead atoms. The van der Waals surface area contributed by atoms with E-state index in [1.54, 1.807) is 33.5 Å². The molecule has 0 aliphatic heterocycles. The highest BCUT2D eigenvalue weighted by molar-refractivity contribution is 6.14. The highest BCUT2D eigenvalue weighted by atomic mass is 16.5. The van der Waals surface area contributed by atoms with E-state index >= 15 is 0 Å². The van der Waals surface area contributed by atoms with Crippen molar-refractivity contribution in [1.29, 1.82) is 0 Å². The third-order valence-corrected chi connectivity index (χ3v) is 4.34. The molecule has 0 spiro atoms. The van der Waals surface area contributed by atoms with Gasteiger partial charge in [-0.2, -0.15) is 0 Å². The zero-order valence-corrected chi connectivity index (χ0v) is 15.2. The first-order valence-corrected chi connectivity index (χ1v) is 8.39. The third kappa shape index (κ3) is 3.44. The molecule has 0 saturated heterocycles. The van der Waals surface area contributed by atoms with E-state index in [0.29, 0.717) is 42.4 Å². The van der Waals surface area contributed by atoms with Crippen LogP contribution in [0.5, 0.6) is 17.2 Å². The second-order valence-electron chi connectivity index (χ2n) is 5.88. The SMILES string of the molecule is COCCOc1cc(OC)c2c(c1OC)CC(c1ccccc1)=CC2=O. The first-order chi connectivity index (χ1) is 12.7. The molecule has 1 aliphatic rings. The molecule has 5 nitrogen and oxygen atoms in total. The predicted octanol–water partition coefficient (Wildman–Crippen LogP) is 3.55. The molecule has 26 heavy (non-hydrogen) atoms. The number of hydrogen-bond donors (Lipinski definition) is 0. The minimum Gasteiger partial charge on any atom is -0.496 e. The quantitative estimate of drug-likeness (QED) is 0.712. The Morgan fingerprint density at radius 2 is 1.73 bits per heavy atom. The largest absolute Gasteiger partial charge is 0.496 e. The lowest BCUT2D eigenvalue weighted by Crippen LogP contribution is -2.14. The molecule has 0 heterocycles. The number of rotatable bonds is 7. The summed E-state index contributed by atoms with van der Waals surface area (Å²) in [5.74, 6) is 1.50. The van der Waals surface area contributed by atoms with Gasteiger partial charge in [0.2, 0.25) is 0 Å². The smallest absolute Gasteiger partial charge is 0.190 e. The maximum atomic E-state index is 12.8. The Kier molecular flexibility index (Phi) is 5.58. The number of carbonyl (C=O) groups is 1. The summed E-state index contributed by atoms with van der Waals surface area (Å²) in [6.07, 6.45) is 2.23. The molecule has 0 fully saturated rings. The molecule has 0 N–H and O–H groups in total. The summed E-state index contributed by atoms with van der Waals surface area (Å²) < 4.78 is 21.9. The van der Waals surface area contributed by atoms with Crippen LogP contribution >= 0.6 is 0 Å². The van der Waals surface area contributed by atoms with Crippen molar-refractivity contribution < 1.29 is 23.7 Å². The molecular formula is C21H22O5. The minimum atomic E-state index is -0.0938. The molecule has 0 amide bonds. The fourth-order valence-corrected chi connectivity index (χ4v) is 3.14. The molecule has 5 heteroatoms. The van der Waals surface area contributed by atoms with E-state index in [4.69, 9.17) is 18.9 Å². The Morgan fingerprint density at radius 3 is 2.38 bits per heavy atom. The summed E-state index contributed by atoms with van der Waals surface area (Å²) in [7, 11) is 4.74. The van der Waals surface area contributed by atoms with Crippen LogP contribution in [0, 0.1) is 0 Å². The molecular weight excluding hydrogens is 332 g/mol. The van der Waals surface area contributed by atoms with Crippen molar-refractivity contribution in [2.75, 3.05) is 34.5 Å². The van der Waals surface area contributed by atoms with Crippen LogP contribution in [0.15, 0.2) is 42.5 Å². The Morgan fingerprint density at radius 1 is 0.962 bits per heavy atom. The van der Waals surface area contributed by atoms with Gasteiger partial charge in [0.15, 0.2) is 17.3 Å². The molecule has 1 aliphatic carbocycles. The van der Waals surface area contributed by atoms with Crippen molar-refractivity contribution >= 4 is 11.4 Å². The molecule has 0 radical (unpaired) electrons. The van der Waals surface area contributed by atoms with Crippen LogP contribution in [-0.2, 0) is 11.2 Å². The van der Waals surface area contributed by atoms with E-state index in [-0.39, 0.29) is 5.78 Å². The Balaban J connectivity index is 2.07. The molecule has 0 atom stereocenters. The average molecular weight is 354 g/mol. The molecule has 136 valence electrons. The lowest BCUT2D eigenvalue weighted by atomic mass is 9.86. The van der Waals surface area contributed by atoms with E-state index in [2.05, 4.69) is 0 Å². The van der Waals surface area contributed by atoms with E-state index in [1.165, 1.54) is 0 Å². The summed E-state index contributed by atoms with van der Waals surface area (Å²) in [6, 6.07) is 11.6. The monoisotopic (exact) mass is 354 g/mol. The molecule has 3 rings (SSSR count). The number of ketones is 1. The van der Waals surface area contributed by atoms with Gasteiger partial charge < -0.3 is 18.9 Å². The zero-order valence-electron chi connectivity index (χ0n) is 15.2. The van der Waals surface area contributed by atoms with Crippen LogP contribution in [0.4, 0.5) is 0 Å². The minimum absolute atomic E-state index is 0.0938. The second-order valence-corrected chi connectivity index (χ2v) is 5.88. The number of hydrogen-bond acceptors (Lipinski definition) is 5. The maximum Gasteiger partial charge on any atom is 0.190 e. The molecule has 0 aromatic heterocycles. The molecule has 2 aromatic carbocycles. The summed E-state index contributed by atoms with van der Waals surface area (Å²) in [5, 5.41) is 0. The molecule has 2 aromatic rings. The van der Waals surface area contributed by atoms with Crippen molar-refractivity contribution in [2.24, 2.45) is 0 Å². The van der Waals surface area contributed by atoms with Gasteiger partial charge in [0, 0.05) is 25.2 Å². The first kappa shape index (κ1) is 18.0. The van der Waals surface area contributed by atoms with E-state index < -0.39 is 0 Å². The van der Waals surface area contributed by atoms with Gasteiger partial charge in [-0.15, -0.1) is 0 Å². The van der Waals surface area contributed by atoms with Crippen molar-refractivity contribution in [3.05, 3.63) is 59.2 Å². The van der Waals surface area contributed by atoms with Gasteiger partial charge in [-0.05, 0) is 17.2 Å². The fourth-order valence-electron chi connectivity index (χ4n) is 3.14. The van der Waals surface area contributed by atoms with Gasteiger partial charge in [-0.25, -0.2) is 0 Å². The van der Waals surface area contributed by atoms with Gasteiger partial charge in [0.1, 0.15) is 12.4 Å². The standard InChI is InChI=1S/C21H22O5/c1-23-9-10-26-19-13-18(24-2)20-16(21(19)25-3)11-15(12-17(20)22)14-7-5-4-6-8-14/h4-8,12-13H,9-11H2,1-3H3. The second kappa shape index (κ2) is 8.06. The maximum absolute atomic E-state index is 12.8. The lowest BCUT2D eigenvalue weighted by Gasteiger charge is -2.23. The lowest BCUT2D eigenvalue weighted by molar-refractivity contribution is 0.104. The number of fused-ring (bicyclic) bond motifs is 1. The zero-order chi connectivity index (χ0) is 18.5. The summed E-state index contributed by atoms with van der Waals surface area (Å²) in [4.78, 5) is 12.8. The number of ether oxygens (including phenoxy) is 4. The van der Waals surface area contributed by atoms with Crippen LogP contribution < -0.4 is 14.2 Å². The molecule has 0 saturated carbocycles. The average Bonchev–Trinajstić information content (AvgIpc) is 2.67. The van der Waals surface area contributed by atoms with Gasteiger partial charge in [0.25, 0.3) is 0 Å². The van der Waals surface area contributed by atoms with Gasteiger partial charge in [-0.1, -0.05) is 30.3 Å². The summed E-state index contributed by atoms with van der Waals surface area (Å²) in [6.45, 7) is 0.834. The summed E-state index contributed by atoms with van der Waals surface area (Å²) >= 11 is 0. The van der Waals surface area contributed by atoms with E-state index in [0.717, 1.165) is 16.7 Å². The Labute approximate surface area is 153 Å². The van der Waals surface area contributed by atoms with E-state index in [9.17, 15) is 4.79 Å². The normalized spacial score (nSPS) is 13.0. The third-order valence-electron chi connectivity index (χ3n) is 4.34. The topological polar surface area (TPSA) is 54.0 Å². The summed E-state index contributed by atoms with van der Waals surface area (Å²) in [5.41, 5.74) is 3.27. The molecule has 0 unspecified atom stereocenters. The fraction of sp³-hybridized carbons (Fsp3) is 0.286. The van der Waals surface area contributed by atoms with Crippen LogP contribution in [0.2, 0.25) is 0 Å². The van der Waals surface area contributed by atoms with Crippen molar-refractivity contribution in [3.63, 3.8) is 0 Å². The number of methoxy groups -OCH3 is 3. The Bertz CT molecular complexity index is 824. The number of allylic oxidation sites excluding steroid dienone is 2. The number of carbonyl (C=O) groups excluding carboxylic acids is 1. The Hall–Kier alpha value is -2.79. The van der Waals surface area contributed by atoms with Crippen molar-refractivity contribution in [2.45, 2.75) is 6.42 Å². The highest BCUT2D eigenvalue weighted by Crippen LogP contribution is 2.44. The van der Waals surface area contributed by atoms with Crippen LogP contribution in [0.3, 0.4) is 0 Å². The van der Waals surface area contributed by atoms with Crippen molar-refractivity contribution in [3.8, 4) is 17.2 Å². The van der Waals surface area contributed by atoms with Gasteiger partial charge >= 0.3 is 0 Å².